The number of nitrogens with one attached hydrogen (secondary N) is 1. The van der Waals surface area contributed by atoms with E-state index in [9.17, 15) is 9.90 Å². The Labute approximate surface area is 102 Å². The van der Waals surface area contributed by atoms with Gasteiger partial charge >= 0.3 is 0 Å². The lowest BCUT2D eigenvalue weighted by atomic mass is 10.0. The number of carbonyl (C=O) groups excluding carboxylic acids is 1. The summed E-state index contributed by atoms with van der Waals surface area (Å²) in [6.07, 6.45) is 3.54. The van der Waals surface area contributed by atoms with E-state index in [2.05, 4.69) is 5.32 Å². The second-order valence-electron chi connectivity index (χ2n) is 4.71. The summed E-state index contributed by atoms with van der Waals surface area (Å²) in [7, 11) is 0. The summed E-state index contributed by atoms with van der Waals surface area (Å²) in [4.78, 5) is 11.8. The van der Waals surface area contributed by atoms with Crippen LogP contribution < -0.4 is 5.32 Å². The molecule has 1 saturated carbocycles. The minimum atomic E-state index is 0.0570. The van der Waals surface area contributed by atoms with Crippen LogP contribution in [0.2, 0.25) is 0 Å². The van der Waals surface area contributed by atoms with Crippen LogP contribution in [0.5, 0.6) is 0 Å². The minimum absolute atomic E-state index is 0.0570. The van der Waals surface area contributed by atoms with E-state index in [4.69, 9.17) is 0 Å². The van der Waals surface area contributed by atoms with E-state index in [1.54, 1.807) is 0 Å². The Bertz CT molecular complexity index is 364. The number of aliphatic hydroxyl groups excluding tert-OH is 1. The van der Waals surface area contributed by atoms with Gasteiger partial charge in [0.25, 0.3) is 0 Å². The molecule has 1 fully saturated rings. The zero-order valence-electron chi connectivity index (χ0n) is 9.93. The van der Waals surface area contributed by atoms with Crippen LogP contribution in [0.15, 0.2) is 30.3 Å². The molecule has 1 aromatic rings. The summed E-state index contributed by atoms with van der Waals surface area (Å²) < 4.78 is 0. The molecule has 0 radical (unpaired) electrons. The van der Waals surface area contributed by atoms with Crippen LogP contribution in [0.1, 0.15) is 24.8 Å². The summed E-state index contributed by atoms with van der Waals surface area (Å²) in [6, 6.07) is 9.90. The largest absolute Gasteiger partial charge is 0.396 e. The van der Waals surface area contributed by atoms with Crippen LogP contribution in [0.25, 0.3) is 0 Å². The molecule has 0 aromatic heterocycles. The average Bonchev–Trinajstić information content (AvgIpc) is 2.77. The lowest BCUT2D eigenvalue weighted by Crippen LogP contribution is -2.39. The first kappa shape index (κ1) is 12.1. The molecule has 0 bridgehead atoms. The van der Waals surface area contributed by atoms with Crippen LogP contribution in [0.3, 0.4) is 0 Å². The van der Waals surface area contributed by atoms with Gasteiger partial charge in [0, 0.05) is 18.6 Å². The van der Waals surface area contributed by atoms with Crippen LogP contribution in [0.4, 0.5) is 0 Å². The van der Waals surface area contributed by atoms with Gasteiger partial charge in [-0.1, -0.05) is 36.8 Å². The van der Waals surface area contributed by atoms with Gasteiger partial charge in [0.15, 0.2) is 0 Å². The van der Waals surface area contributed by atoms with E-state index >= 15 is 0 Å². The lowest BCUT2D eigenvalue weighted by molar-refractivity contribution is -0.121. The Balaban J connectivity index is 1.85. The van der Waals surface area contributed by atoms with E-state index in [0.717, 1.165) is 24.8 Å². The third-order valence-electron chi connectivity index (χ3n) is 3.45. The summed E-state index contributed by atoms with van der Waals surface area (Å²) in [5.74, 6) is 0.302. The van der Waals surface area contributed by atoms with Crippen molar-refractivity contribution in [2.75, 3.05) is 6.61 Å². The van der Waals surface area contributed by atoms with Gasteiger partial charge < -0.3 is 10.4 Å². The van der Waals surface area contributed by atoms with E-state index in [1.807, 2.05) is 30.3 Å². The van der Waals surface area contributed by atoms with Gasteiger partial charge in [-0.3, -0.25) is 4.79 Å². The first-order valence-corrected chi connectivity index (χ1v) is 6.23. The molecule has 3 heteroatoms. The van der Waals surface area contributed by atoms with Gasteiger partial charge in [0.2, 0.25) is 5.91 Å². The molecule has 0 heterocycles. The fourth-order valence-electron chi connectivity index (χ4n) is 2.48. The maximum Gasteiger partial charge on any atom is 0.224 e. The van der Waals surface area contributed by atoms with Crippen molar-refractivity contribution in [1.29, 1.82) is 0 Å². The molecule has 3 nitrogen and oxygen atoms in total. The van der Waals surface area contributed by atoms with Crippen molar-refractivity contribution in [1.82, 2.24) is 5.32 Å². The summed E-state index contributed by atoms with van der Waals surface area (Å²) in [5, 5.41) is 12.2. The van der Waals surface area contributed by atoms with E-state index in [1.165, 1.54) is 0 Å². The van der Waals surface area contributed by atoms with Crippen molar-refractivity contribution in [2.45, 2.75) is 31.7 Å². The topological polar surface area (TPSA) is 49.3 Å². The summed E-state index contributed by atoms with van der Waals surface area (Å²) >= 11 is 0. The number of amides is 1. The molecule has 17 heavy (non-hydrogen) atoms. The third kappa shape index (κ3) is 3.30. The molecule has 1 amide bonds. The Kier molecular flexibility index (Phi) is 4.15. The molecule has 1 aromatic carbocycles. The Morgan fingerprint density at radius 3 is 2.76 bits per heavy atom. The van der Waals surface area contributed by atoms with Crippen LogP contribution >= 0.6 is 0 Å². The molecule has 0 spiro atoms. The van der Waals surface area contributed by atoms with Gasteiger partial charge in [-0.15, -0.1) is 0 Å². The second kappa shape index (κ2) is 5.82. The van der Waals surface area contributed by atoms with Crippen molar-refractivity contribution < 1.29 is 9.90 Å². The number of rotatable bonds is 4. The van der Waals surface area contributed by atoms with Crippen molar-refractivity contribution in [3.05, 3.63) is 35.9 Å². The smallest absolute Gasteiger partial charge is 0.224 e. The molecular formula is C14H19NO2. The lowest BCUT2D eigenvalue weighted by Gasteiger charge is -2.18. The zero-order valence-corrected chi connectivity index (χ0v) is 9.93. The molecule has 0 aliphatic heterocycles. The highest BCUT2D eigenvalue weighted by Gasteiger charge is 2.27. The molecule has 2 atom stereocenters. The number of hydrogen-bond donors (Lipinski definition) is 2. The number of aliphatic hydroxyl groups is 1. The van der Waals surface area contributed by atoms with E-state index in [0.29, 0.717) is 6.42 Å². The molecule has 92 valence electrons. The second-order valence-corrected chi connectivity index (χ2v) is 4.71. The average molecular weight is 233 g/mol. The maximum absolute atomic E-state index is 11.8. The molecule has 2 N–H and O–H groups in total. The molecule has 2 rings (SSSR count). The highest BCUT2D eigenvalue weighted by atomic mass is 16.3. The number of benzene rings is 1. The van der Waals surface area contributed by atoms with Crippen LogP contribution in [-0.4, -0.2) is 23.7 Å². The van der Waals surface area contributed by atoms with Crippen molar-refractivity contribution in [2.24, 2.45) is 5.92 Å². The van der Waals surface area contributed by atoms with Crippen molar-refractivity contribution >= 4 is 5.91 Å². The highest BCUT2D eigenvalue weighted by molar-refractivity contribution is 5.78. The minimum Gasteiger partial charge on any atom is -0.396 e. The molecule has 0 saturated heterocycles. The molecule has 1 aliphatic rings. The zero-order chi connectivity index (χ0) is 12.1. The van der Waals surface area contributed by atoms with Crippen LogP contribution in [0, 0.1) is 5.92 Å². The number of carbonyl (C=O) groups is 1. The highest BCUT2D eigenvalue weighted by Crippen LogP contribution is 2.25. The Hall–Kier alpha value is -1.35. The van der Waals surface area contributed by atoms with Gasteiger partial charge in [-0.05, 0) is 18.4 Å². The Morgan fingerprint density at radius 2 is 2.06 bits per heavy atom. The standard InChI is InChI=1S/C14H19NO2/c16-10-12-7-4-8-13(12)15-14(17)9-11-5-2-1-3-6-11/h1-3,5-6,12-13,16H,4,7-10H2,(H,15,17). The fraction of sp³-hybridized carbons (Fsp3) is 0.500. The maximum atomic E-state index is 11.8. The predicted molar refractivity (Wildman–Crippen MR) is 66.5 cm³/mol. The first-order chi connectivity index (χ1) is 8.29. The van der Waals surface area contributed by atoms with Crippen LogP contribution in [-0.2, 0) is 11.2 Å². The van der Waals surface area contributed by atoms with Gasteiger partial charge in [0.05, 0.1) is 6.42 Å². The molecule has 2 unspecified atom stereocenters. The van der Waals surface area contributed by atoms with Crippen molar-refractivity contribution in [3.8, 4) is 0 Å². The fourth-order valence-corrected chi connectivity index (χ4v) is 2.48. The molecular weight excluding hydrogens is 214 g/mol. The van der Waals surface area contributed by atoms with Gasteiger partial charge in [-0.2, -0.15) is 0 Å². The monoisotopic (exact) mass is 233 g/mol. The quantitative estimate of drug-likeness (QED) is 0.828. The third-order valence-corrected chi connectivity index (χ3v) is 3.45. The van der Waals surface area contributed by atoms with Gasteiger partial charge in [-0.25, -0.2) is 0 Å². The van der Waals surface area contributed by atoms with Crippen molar-refractivity contribution in [3.63, 3.8) is 0 Å². The molecule has 1 aliphatic carbocycles. The predicted octanol–water partition coefficient (Wildman–Crippen LogP) is 1.51. The number of hydrogen-bond acceptors (Lipinski definition) is 2. The van der Waals surface area contributed by atoms with E-state index in [-0.39, 0.29) is 24.5 Å². The van der Waals surface area contributed by atoms with E-state index < -0.39 is 0 Å². The normalized spacial score (nSPS) is 23.6. The first-order valence-electron chi connectivity index (χ1n) is 6.23. The van der Waals surface area contributed by atoms with Gasteiger partial charge in [0.1, 0.15) is 0 Å². The summed E-state index contributed by atoms with van der Waals surface area (Å²) in [5.41, 5.74) is 1.03. The Morgan fingerprint density at radius 1 is 1.29 bits per heavy atom. The summed E-state index contributed by atoms with van der Waals surface area (Å²) in [6.45, 7) is 0.177. The SMILES string of the molecule is O=C(Cc1ccccc1)NC1CCCC1CO.